The van der Waals surface area contributed by atoms with Crippen LogP contribution in [0.15, 0.2) is 24.3 Å². The number of hydrogen-bond acceptors (Lipinski definition) is 3. The number of carbonyl (C=O) groups is 1. The highest BCUT2D eigenvalue weighted by Crippen LogP contribution is 2.59. The van der Waals surface area contributed by atoms with Crippen LogP contribution in [0.5, 0.6) is 0 Å². The largest absolute Gasteiger partial charge is 0.368 e. The third-order valence-electron chi connectivity index (χ3n) is 5.87. The van der Waals surface area contributed by atoms with Gasteiger partial charge in [0.25, 0.3) is 0 Å². The second kappa shape index (κ2) is 5.99. The summed E-state index contributed by atoms with van der Waals surface area (Å²) in [6, 6.07) is 7.98. The zero-order valence-electron chi connectivity index (χ0n) is 13.4. The van der Waals surface area contributed by atoms with Crippen molar-refractivity contribution in [1.82, 2.24) is 10.2 Å². The van der Waals surface area contributed by atoms with Crippen LogP contribution in [0.1, 0.15) is 19.3 Å². The monoisotopic (exact) mass is 333 g/mol. The molecule has 1 aromatic rings. The van der Waals surface area contributed by atoms with E-state index in [0.29, 0.717) is 17.2 Å². The molecule has 2 heterocycles. The van der Waals surface area contributed by atoms with Crippen molar-refractivity contribution in [3.63, 3.8) is 0 Å². The number of halogens is 1. The summed E-state index contributed by atoms with van der Waals surface area (Å²) in [6.45, 7) is 5.66. The van der Waals surface area contributed by atoms with E-state index in [9.17, 15) is 4.79 Å². The van der Waals surface area contributed by atoms with Crippen LogP contribution < -0.4 is 10.2 Å². The summed E-state index contributed by atoms with van der Waals surface area (Å²) >= 11 is 5.95. The van der Waals surface area contributed by atoms with E-state index < -0.39 is 0 Å². The van der Waals surface area contributed by atoms with E-state index in [1.807, 2.05) is 12.1 Å². The number of nitrogens with zero attached hydrogens (tertiary/aromatic N) is 2. The van der Waals surface area contributed by atoms with Gasteiger partial charge in [0.15, 0.2) is 0 Å². The highest BCUT2D eigenvalue weighted by Gasteiger charge is 2.58. The Morgan fingerprint density at radius 2 is 1.74 bits per heavy atom. The highest BCUT2D eigenvalue weighted by molar-refractivity contribution is 6.30. The van der Waals surface area contributed by atoms with Gasteiger partial charge in [0, 0.05) is 42.8 Å². The molecule has 124 valence electrons. The van der Waals surface area contributed by atoms with Crippen molar-refractivity contribution in [2.45, 2.75) is 19.3 Å². The van der Waals surface area contributed by atoms with E-state index in [4.69, 9.17) is 11.6 Å². The first-order valence-corrected chi connectivity index (χ1v) is 9.06. The van der Waals surface area contributed by atoms with E-state index in [1.54, 1.807) is 0 Å². The minimum atomic E-state index is 0.298. The minimum Gasteiger partial charge on any atom is -0.368 e. The first-order chi connectivity index (χ1) is 11.2. The zero-order valence-corrected chi connectivity index (χ0v) is 14.2. The molecular formula is C18H24ClN3O. The summed E-state index contributed by atoms with van der Waals surface area (Å²) < 4.78 is 0. The molecule has 23 heavy (non-hydrogen) atoms. The van der Waals surface area contributed by atoms with Crippen molar-refractivity contribution >= 4 is 23.2 Å². The molecule has 1 atom stereocenters. The lowest BCUT2D eigenvalue weighted by Crippen LogP contribution is -2.49. The number of anilines is 1. The molecule has 2 aliphatic heterocycles. The predicted molar refractivity (Wildman–Crippen MR) is 92.9 cm³/mol. The maximum atomic E-state index is 12.8. The fourth-order valence-electron chi connectivity index (χ4n) is 4.23. The molecule has 1 N–H and O–H groups in total. The zero-order chi connectivity index (χ0) is 15.9. The number of benzene rings is 1. The number of piperazine rings is 1. The van der Waals surface area contributed by atoms with Gasteiger partial charge in [-0.05, 0) is 62.0 Å². The van der Waals surface area contributed by atoms with E-state index in [0.717, 1.165) is 50.7 Å². The van der Waals surface area contributed by atoms with Crippen LogP contribution in [0.2, 0.25) is 5.02 Å². The van der Waals surface area contributed by atoms with Gasteiger partial charge in [-0.15, -0.1) is 0 Å². The molecule has 5 heteroatoms. The maximum Gasteiger partial charge on any atom is 0.226 e. The van der Waals surface area contributed by atoms with E-state index in [1.165, 1.54) is 18.5 Å². The molecule has 0 aromatic heterocycles. The van der Waals surface area contributed by atoms with Gasteiger partial charge in [-0.3, -0.25) is 4.79 Å². The molecule has 3 fully saturated rings. The second-order valence-corrected chi connectivity index (χ2v) is 7.59. The topological polar surface area (TPSA) is 35.6 Å². The van der Waals surface area contributed by atoms with Crippen molar-refractivity contribution in [3.8, 4) is 0 Å². The molecule has 2 saturated heterocycles. The van der Waals surface area contributed by atoms with Crippen LogP contribution in [0.25, 0.3) is 0 Å². The van der Waals surface area contributed by atoms with Gasteiger partial charge >= 0.3 is 0 Å². The molecule has 4 rings (SSSR count). The van der Waals surface area contributed by atoms with Gasteiger partial charge in [-0.25, -0.2) is 0 Å². The minimum absolute atomic E-state index is 0.298. The lowest BCUT2D eigenvalue weighted by atomic mass is 9.91. The van der Waals surface area contributed by atoms with Crippen LogP contribution in [0, 0.1) is 11.3 Å². The summed E-state index contributed by atoms with van der Waals surface area (Å²) in [5.41, 5.74) is 1.54. The van der Waals surface area contributed by atoms with Crippen LogP contribution in [0.3, 0.4) is 0 Å². The highest BCUT2D eigenvalue weighted by atomic mass is 35.5. The van der Waals surface area contributed by atoms with Crippen molar-refractivity contribution in [2.24, 2.45) is 11.3 Å². The van der Waals surface area contributed by atoms with Gasteiger partial charge < -0.3 is 15.1 Å². The lowest BCUT2D eigenvalue weighted by Gasteiger charge is -2.37. The molecule has 3 aliphatic rings. The Balaban J connectivity index is 1.33. The number of hydrogen-bond donors (Lipinski definition) is 1. The van der Waals surface area contributed by atoms with E-state index >= 15 is 0 Å². The van der Waals surface area contributed by atoms with Crippen molar-refractivity contribution in [3.05, 3.63) is 29.3 Å². The van der Waals surface area contributed by atoms with Gasteiger partial charge in [0.1, 0.15) is 0 Å². The van der Waals surface area contributed by atoms with Crippen LogP contribution in [-0.2, 0) is 4.79 Å². The first-order valence-electron chi connectivity index (χ1n) is 8.68. The third-order valence-corrected chi connectivity index (χ3v) is 6.12. The second-order valence-electron chi connectivity index (χ2n) is 7.16. The number of amides is 1. The van der Waals surface area contributed by atoms with Crippen LogP contribution >= 0.6 is 11.6 Å². The number of rotatable bonds is 2. The van der Waals surface area contributed by atoms with Crippen LogP contribution in [-0.4, -0.2) is 50.1 Å². The summed E-state index contributed by atoms with van der Waals surface area (Å²) in [5, 5.41) is 4.17. The average Bonchev–Trinajstić information content (AvgIpc) is 3.28. The van der Waals surface area contributed by atoms with Gasteiger partial charge in [0.05, 0.1) is 0 Å². The SMILES string of the molecule is O=C(C1CC12CCNCC2)N1CCN(c2ccc(Cl)cc2)CC1. The molecule has 1 saturated carbocycles. The number of carbonyl (C=O) groups excluding carboxylic acids is 1. The first kappa shape index (κ1) is 15.3. The average molecular weight is 334 g/mol. The predicted octanol–water partition coefficient (Wildman–Crippen LogP) is 2.38. The van der Waals surface area contributed by atoms with Gasteiger partial charge in [0.2, 0.25) is 5.91 Å². The normalized spacial score (nSPS) is 26.4. The van der Waals surface area contributed by atoms with Crippen LogP contribution in [0.4, 0.5) is 5.69 Å². The third kappa shape index (κ3) is 2.94. The van der Waals surface area contributed by atoms with Crippen molar-refractivity contribution < 1.29 is 4.79 Å². The maximum absolute atomic E-state index is 12.8. The standard InChI is InChI=1S/C18H24ClN3O/c19-14-1-3-15(4-2-14)21-9-11-22(12-10-21)17(23)16-13-18(16)5-7-20-8-6-18/h1-4,16,20H,5-13H2. The molecule has 1 amide bonds. The fourth-order valence-corrected chi connectivity index (χ4v) is 4.36. The Morgan fingerprint density at radius 1 is 1.09 bits per heavy atom. The van der Waals surface area contributed by atoms with Gasteiger partial charge in [-0.1, -0.05) is 11.6 Å². The molecule has 4 nitrogen and oxygen atoms in total. The lowest BCUT2D eigenvalue weighted by molar-refractivity contribution is -0.133. The Bertz CT molecular complexity index is 574. The van der Waals surface area contributed by atoms with E-state index in [-0.39, 0.29) is 0 Å². The molecule has 0 bridgehead atoms. The molecule has 0 radical (unpaired) electrons. The summed E-state index contributed by atoms with van der Waals surface area (Å²) in [5.74, 6) is 0.703. The van der Waals surface area contributed by atoms with Crippen molar-refractivity contribution in [2.75, 3.05) is 44.2 Å². The molecule has 1 aliphatic carbocycles. The van der Waals surface area contributed by atoms with Gasteiger partial charge in [-0.2, -0.15) is 0 Å². The quantitative estimate of drug-likeness (QED) is 0.902. The molecule has 1 unspecified atom stereocenters. The fraction of sp³-hybridized carbons (Fsp3) is 0.611. The number of nitrogens with one attached hydrogen (secondary N) is 1. The van der Waals surface area contributed by atoms with E-state index in [2.05, 4.69) is 27.2 Å². The molecular weight excluding hydrogens is 310 g/mol. The number of piperidine rings is 1. The summed E-state index contributed by atoms with van der Waals surface area (Å²) in [4.78, 5) is 17.2. The Hall–Kier alpha value is -1.26. The summed E-state index contributed by atoms with van der Waals surface area (Å²) in [6.07, 6.45) is 3.47. The molecule has 1 spiro atoms. The summed E-state index contributed by atoms with van der Waals surface area (Å²) in [7, 11) is 0. The Morgan fingerprint density at radius 3 is 2.39 bits per heavy atom. The Kier molecular flexibility index (Phi) is 3.98. The molecule has 1 aromatic carbocycles. The van der Waals surface area contributed by atoms with Crippen molar-refractivity contribution in [1.29, 1.82) is 0 Å². The smallest absolute Gasteiger partial charge is 0.226 e. The Labute approximate surface area is 142 Å².